The van der Waals surface area contributed by atoms with Gasteiger partial charge in [-0.25, -0.2) is 4.79 Å². The molecule has 3 fully saturated rings. The van der Waals surface area contributed by atoms with Gasteiger partial charge in [-0.3, -0.25) is 10.6 Å². The van der Waals surface area contributed by atoms with Gasteiger partial charge in [-0.2, -0.15) is 18.7 Å². The van der Waals surface area contributed by atoms with Gasteiger partial charge in [0.05, 0.1) is 13.3 Å². The number of halogens is 3. The highest BCUT2D eigenvalue weighted by molar-refractivity contribution is 5.74. The highest BCUT2D eigenvalue weighted by Crippen LogP contribution is 2.40. The fraction of sp³-hybridized carbons (Fsp3) is 0.941. The van der Waals surface area contributed by atoms with Crippen LogP contribution in [-0.4, -0.2) is 43.9 Å². The summed E-state index contributed by atoms with van der Waals surface area (Å²) in [6.45, 7) is 0. The lowest BCUT2D eigenvalue weighted by molar-refractivity contribution is -0.171. The molecule has 7 nitrogen and oxygen atoms in total. The highest BCUT2D eigenvalue weighted by atomic mass is 19.4. The van der Waals surface area contributed by atoms with Crippen LogP contribution in [0.3, 0.4) is 0 Å². The van der Waals surface area contributed by atoms with Crippen LogP contribution in [0.25, 0.3) is 0 Å². The van der Waals surface area contributed by atoms with Crippen LogP contribution in [0.2, 0.25) is 0 Å². The van der Waals surface area contributed by atoms with Crippen molar-refractivity contribution < 1.29 is 22.8 Å². The second kappa shape index (κ2) is 8.93. The molecule has 1 saturated heterocycles. The average molecular weight is 393 g/mol. The molecule has 2 aliphatic carbocycles. The molecule has 0 aromatic carbocycles. The van der Waals surface area contributed by atoms with Gasteiger partial charge in [-0.05, 0) is 31.1 Å². The molecule has 2 saturated carbocycles. The van der Waals surface area contributed by atoms with Crippen molar-refractivity contribution in [2.45, 2.75) is 82.1 Å². The molecule has 6 atom stereocenters. The second-order valence-electron chi connectivity index (χ2n) is 7.90. The van der Waals surface area contributed by atoms with Gasteiger partial charge in [0.1, 0.15) is 12.3 Å². The fourth-order valence-electron chi connectivity index (χ4n) is 4.72. The highest BCUT2D eigenvalue weighted by Gasteiger charge is 2.45. The first kappa shape index (κ1) is 20.6. The van der Waals surface area contributed by atoms with Gasteiger partial charge in [0, 0.05) is 12.5 Å². The number of alkyl halides is 3. The van der Waals surface area contributed by atoms with Gasteiger partial charge in [-0.1, -0.05) is 25.7 Å². The summed E-state index contributed by atoms with van der Waals surface area (Å²) in [6, 6.07) is -2.12. The predicted octanol–water partition coefficient (Wildman–Crippen LogP) is 1.92. The zero-order valence-corrected chi connectivity index (χ0v) is 15.6. The molecule has 1 heterocycles. The van der Waals surface area contributed by atoms with Crippen LogP contribution < -0.4 is 26.7 Å². The topological polar surface area (TPSA) is 86.5 Å². The average Bonchev–Trinajstić information content (AvgIpc) is 2.61. The van der Waals surface area contributed by atoms with Crippen LogP contribution in [0, 0.1) is 11.8 Å². The molecule has 5 N–H and O–H groups in total. The van der Waals surface area contributed by atoms with Crippen LogP contribution >= 0.6 is 0 Å². The molecule has 0 aromatic rings. The first-order valence-corrected chi connectivity index (χ1v) is 9.79. The fourth-order valence-corrected chi connectivity index (χ4v) is 4.72. The number of urea groups is 1. The maximum atomic E-state index is 13.1. The number of amides is 2. The second-order valence-corrected chi connectivity index (χ2v) is 7.90. The first-order chi connectivity index (χ1) is 12.8. The Morgan fingerprint density at radius 3 is 2.44 bits per heavy atom. The van der Waals surface area contributed by atoms with E-state index < -0.39 is 30.7 Å². The molecule has 156 valence electrons. The van der Waals surface area contributed by atoms with Crippen molar-refractivity contribution in [2.75, 3.05) is 7.11 Å². The molecular formula is C17H30F3N5O2. The zero-order valence-electron chi connectivity index (χ0n) is 15.6. The van der Waals surface area contributed by atoms with Crippen molar-refractivity contribution in [1.82, 2.24) is 26.7 Å². The molecule has 0 spiro atoms. The Labute approximate surface area is 157 Å². The van der Waals surface area contributed by atoms with E-state index in [0.29, 0.717) is 5.92 Å². The van der Waals surface area contributed by atoms with Crippen LogP contribution in [0.1, 0.15) is 51.4 Å². The molecule has 27 heavy (non-hydrogen) atoms. The standard InChI is InChI=1S/C17H30F3N5O2/c1-27-25-14-9-13(17(18,19)20)22-15(23-14)24-16(26)21-12-7-6-10-4-2-3-5-11(10)8-12/h10-15,22-23,25H,2-9H2,1H3,(H2,21,24,26). The van der Waals surface area contributed by atoms with E-state index in [9.17, 15) is 18.0 Å². The van der Waals surface area contributed by atoms with Crippen molar-refractivity contribution in [2.24, 2.45) is 11.8 Å². The number of fused-ring (bicyclic) bond motifs is 1. The molecule has 0 bridgehead atoms. The minimum atomic E-state index is -4.41. The first-order valence-electron chi connectivity index (χ1n) is 9.79. The Balaban J connectivity index is 1.50. The third kappa shape index (κ3) is 5.69. The van der Waals surface area contributed by atoms with Crippen LogP contribution in [0.15, 0.2) is 0 Å². The predicted molar refractivity (Wildman–Crippen MR) is 93.2 cm³/mol. The Morgan fingerprint density at radius 1 is 1.00 bits per heavy atom. The lowest BCUT2D eigenvalue weighted by Gasteiger charge is -2.40. The molecule has 0 radical (unpaired) electrons. The van der Waals surface area contributed by atoms with E-state index in [0.717, 1.165) is 25.2 Å². The molecular weight excluding hydrogens is 363 g/mol. The number of hydrogen-bond acceptors (Lipinski definition) is 5. The molecule has 2 amide bonds. The Bertz CT molecular complexity index is 507. The van der Waals surface area contributed by atoms with E-state index in [1.54, 1.807) is 0 Å². The summed E-state index contributed by atoms with van der Waals surface area (Å²) >= 11 is 0. The minimum Gasteiger partial charge on any atom is -0.335 e. The van der Waals surface area contributed by atoms with Crippen LogP contribution in [-0.2, 0) is 4.84 Å². The maximum Gasteiger partial charge on any atom is 0.404 e. The van der Waals surface area contributed by atoms with Gasteiger partial charge >= 0.3 is 12.2 Å². The quantitative estimate of drug-likeness (QED) is 0.471. The van der Waals surface area contributed by atoms with E-state index in [4.69, 9.17) is 4.84 Å². The number of hydroxylamine groups is 1. The third-order valence-electron chi connectivity index (χ3n) is 6.01. The maximum absolute atomic E-state index is 13.1. The number of carbonyl (C=O) groups is 1. The van der Waals surface area contributed by atoms with Gasteiger partial charge < -0.3 is 15.5 Å². The third-order valence-corrected chi connectivity index (χ3v) is 6.01. The smallest absolute Gasteiger partial charge is 0.335 e. The monoisotopic (exact) mass is 393 g/mol. The molecule has 1 aliphatic heterocycles. The Hall–Kier alpha value is -1.10. The number of carbonyl (C=O) groups excluding carboxylic acids is 1. The van der Waals surface area contributed by atoms with Crippen molar-refractivity contribution in [1.29, 1.82) is 0 Å². The van der Waals surface area contributed by atoms with Gasteiger partial charge in [0.15, 0.2) is 0 Å². The normalized spacial score (nSPS) is 37.3. The Kier molecular flexibility index (Phi) is 6.83. The molecule has 3 aliphatic rings. The molecule has 3 rings (SSSR count). The summed E-state index contributed by atoms with van der Waals surface area (Å²) in [6.07, 6.45) is 1.66. The van der Waals surface area contributed by atoms with Gasteiger partial charge in [0.25, 0.3) is 0 Å². The van der Waals surface area contributed by atoms with Crippen LogP contribution in [0.5, 0.6) is 0 Å². The molecule has 0 aromatic heterocycles. The molecule has 10 heteroatoms. The van der Waals surface area contributed by atoms with E-state index in [1.165, 1.54) is 32.8 Å². The van der Waals surface area contributed by atoms with Gasteiger partial charge in [-0.15, -0.1) is 0 Å². The number of rotatable bonds is 4. The number of hydrogen-bond donors (Lipinski definition) is 5. The van der Waals surface area contributed by atoms with Gasteiger partial charge in [0.2, 0.25) is 0 Å². The summed E-state index contributed by atoms with van der Waals surface area (Å²) < 4.78 is 39.3. The van der Waals surface area contributed by atoms with Crippen molar-refractivity contribution in [3.63, 3.8) is 0 Å². The van der Waals surface area contributed by atoms with E-state index in [1.807, 2.05) is 0 Å². The molecule has 6 unspecified atom stereocenters. The zero-order chi connectivity index (χ0) is 19.4. The summed E-state index contributed by atoms with van der Waals surface area (Å²) in [5.41, 5.74) is 2.48. The van der Waals surface area contributed by atoms with E-state index >= 15 is 0 Å². The van der Waals surface area contributed by atoms with E-state index in [2.05, 4.69) is 26.7 Å². The van der Waals surface area contributed by atoms with E-state index in [-0.39, 0.29) is 12.5 Å². The Morgan fingerprint density at radius 2 is 1.74 bits per heavy atom. The summed E-state index contributed by atoms with van der Waals surface area (Å²) in [7, 11) is 1.34. The summed E-state index contributed by atoms with van der Waals surface area (Å²) in [5.74, 6) is 1.43. The largest absolute Gasteiger partial charge is 0.404 e. The van der Waals surface area contributed by atoms with Crippen molar-refractivity contribution in [3.8, 4) is 0 Å². The summed E-state index contributed by atoms with van der Waals surface area (Å²) in [5, 5.41) is 10.7. The lowest BCUT2D eigenvalue weighted by Crippen LogP contribution is -2.71. The summed E-state index contributed by atoms with van der Waals surface area (Å²) in [4.78, 5) is 17.1. The van der Waals surface area contributed by atoms with Crippen molar-refractivity contribution >= 4 is 6.03 Å². The van der Waals surface area contributed by atoms with Crippen molar-refractivity contribution in [3.05, 3.63) is 0 Å². The number of nitrogens with one attached hydrogen (secondary N) is 5. The SMILES string of the molecule is CONC1CC(C(F)(F)F)NC(NC(=O)NC2CCC3CCCCC3C2)N1. The van der Waals surface area contributed by atoms with Crippen LogP contribution in [0.4, 0.5) is 18.0 Å². The minimum absolute atomic E-state index is 0.0826. The lowest BCUT2D eigenvalue weighted by atomic mass is 9.69.